The number of aromatic nitrogens is 2. The first kappa shape index (κ1) is 22.8. The van der Waals surface area contributed by atoms with Gasteiger partial charge in [0.1, 0.15) is 17.0 Å². The van der Waals surface area contributed by atoms with Crippen molar-refractivity contribution >= 4 is 35.0 Å². The Labute approximate surface area is 203 Å². The molecule has 2 N–H and O–H groups in total. The Morgan fingerprint density at radius 3 is 2.60 bits per heavy atom. The third-order valence-electron chi connectivity index (χ3n) is 6.73. The van der Waals surface area contributed by atoms with Crippen LogP contribution in [0.15, 0.2) is 54.7 Å². The summed E-state index contributed by atoms with van der Waals surface area (Å²) in [5.41, 5.74) is 2.22. The normalized spacial score (nSPS) is 18.8. The second-order valence-corrected chi connectivity index (χ2v) is 8.99. The van der Waals surface area contributed by atoms with Gasteiger partial charge in [-0.25, -0.2) is 9.37 Å². The van der Waals surface area contributed by atoms with E-state index in [1.54, 1.807) is 11.1 Å². The van der Waals surface area contributed by atoms with E-state index < -0.39 is 5.54 Å². The molecule has 1 unspecified atom stereocenters. The van der Waals surface area contributed by atoms with E-state index >= 15 is 0 Å². The van der Waals surface area contributed by atoms with Gasteiger partial charge in [0.2, 0.25) is 5.95 Å². The number of nitrogens with zero attached hydrogens (tertiary/aromatic N) is 4. The monoisotopic (exact) mass is 474 g/mol. The molecule has 3 aromatic rings. The predicted octanol–water partition coefficient (Wildman–Crippen LogP) is 4.21. The maximum Gasteiger partial charge on any atom is 0.255 e. The van der Waals surface area contributed by atoms with Gasteiger partial charge in [0.15, 0.2) is 5.82 Å². The van der Waals surface area contributed by atoms with Crippen LogP contribution >= 0.6 is 0 Å². The molecule has 180 valence electrons. The molecule has 1 saturated heterocycles. The van der Waals surface area contributed by atoms with Gasteiger partial charge in [-0.15, -0.1) is 0 Å². The Bertz CT molecular complexity index is 1260. The number of nitrogens with one attached hydrogen (secondary N) is 2. The molecule has 0 aliphatic carbocycles. The third kappa shape index (κ3) is 4.18. The van der Waals surface area contributed by atoms with Crippen LogP contribution in [0.3, 0.4) is 0 Å². The molecule has 2 aromatic carbocycles. The van der Waals surface area contributed by atoms with Crippen molar-refractivity contribution in [1.82, 2.24) is 9.97 Å². The predicted molar refractivity (Wildman–Crippen MR) is 133 cm³/mol. The molecule has 0 saturated carbocycles. The Morgan fingerprint density at radius 2 is 1.89 bits per heavy atom. The van der Waals surface area contributed by atoms with Crippen molar-refractivity contribution < 1.29 is 14.0 Å². The summed E-state index contributed by atoms with van der Waals surface area (Å²) in [6.07, 6.45) is 3.49. The fraction of sp³-hybridized carbons (Fsp3) is 0.308. The summed E-state index contributed by atoms with van der Waals surface area (Å²) >= 11 is 0. The van der Waals surface area contributed by atoms with Crippen LogP contribution in [-0.2, 0) is 11.3 Å². The molecule has 1 aromatic heterocycles. The standard InChI is InChI=1S/C26H27FN6O2/c1-3-32-21-16-29-25(31-22(21)33-14-4-13-26(33,2)24(32)35)28-15-17-5-11-20(12-6-17)30-23(34)18-7-9-19(27)10-8-18/h5-12,16H,3-4,13-15H2,1-2H3,(H,30,34)(H,28,29,31). The van der Waals surface area contributed by atoms with Crippen LogP contribution in [-0.4, -0.2) is 40.4 Å². The largest absolute Gasteiger partial charge is 0.350 e. The molecule has 2 aliphatic rings. The van der Waals surface area contributed by atoms with Gasteiger partial charge in [0, 0.05) is 30.9 Å². The lowest BCUT2D eigenvalue weighted by Crippen LogP contribution is -2.59. The van der Waals surface area contributed by atoms with Crippen molar-refractivity contribution in [2.24, 2.45) is 0 Å². The first-order chi connectivity index (χ1) is 16.9. The smallest absolute Gasteiger partial charge is 0.255 e. The zero-order valence-electron chi connectivity index (χ0n) is 19.7. The molecule has 0 spiro atoms. The zero-order valence-corrected chi connectivity index (χ0v) is 19.7. The molecule has 0 radical (unpaired) electrons. The second kappa shape index (κ2) is 8.98. The Balaban J connectivity index is 1.26. The Kier molecular flexibility index (Phi) is 5.84. The number of carbonyl (C=O) groups excluding carboxylic acids is 2. The van der Waals surface area contributed by atoms with Crippen LogP contribution in [0.5, 0.6) is 0 Å². The summed E-state index contributed by atoms with van der Waals surface area (Å²) in [5, 5.41) is 6.07. The highest BCUT2D eigenvalue weighted by molar-refractivity contribution is 6.08. The number of hydrogen-bond acceptors (Lipinski definition) is 6. The minimum Gasteiger partial charge on any atom is -0.350 e. The maximum atomic E-state index is 13.1. The number of fused-ring (bicyclic) bond motifs is 3. The van der Waals surface area contributed by atoms with Crippen LogP contribution < -0.4 is 20.4 Å². The van der Waals surface area contributed by atoms with Crippen molar-refractivity contribution in [3.8, 4) is 0 Å². The van der Waals surface area contributed by atoms with Crippen molar-refractivity contribution in [3.63, 3.8) is 0 Å². The lowest BCUT2D eigenvalue weighted by Gasteiger charge is -2.44. The number of hydrogen-bond donors (Lipinski definition) is 2. The SMILES string of the molecule is CCN1C(=O)C2(C)CCCN2c2nc(NCc3ccc(NC(=O)c4ccc(F)cc4)cc3)ncc21. The number of rotatable bonds is 6. The van der Waals surface area contributed by atoms with Crippen molar-refractivity contribution in [3.05, 3.63) is 71.7 Å². The molecule has 1 atom stereocenters. The van der Waals surface area contributed by atoms with E-state index in [1.165, 1.54) is 24.3 Å². The van der Waals surface area contributed by atoms with E-state index in [9.17, 15) is 14.0 Å². The molecule has 1 fully saturated rings. The molecule has 0 bridgehead atoms. The van der Waals surface area contributed by atoms with Crippen LogP contribution in [0, 0.1) is 5.82 Å². The number of benzene rings is 2. The van der Waals surface area contributed by atoms with Gasteiger partial charge in [-0.1, -0.05) is 12.1 Å². The number of amides is 2. The molecule has 8 nitrogen and oxygen atoms in total. The lowest BCUT2D eigenvalue weighted by atomic mass is 9.94. The van der Waals surface area contributed by atoms with Gasteiger partial charge in [-0.3, -0.25) is 9.59 Å². The van der Waals surface area contributed by atoms with E-state index in [-0.39, 0.29) is 17.6 Å². The molecule has 3 heterocycles. The Morgan fingerprint density at radius 1 is 1.14 bits per heavy atom. The van der Waals surface area contributed by atoms with Gasteiger partial charge in [0.25, 0.3) is 11.8 Å². The first-order valence-electron chi connectivity index (χ1n) is 11.8. The van der Waals surface area contributed by atoms with Gasteiger partial charge >= 0.3 is 0 Å². The highest BCUT2D eigenvalue weighted by Crippen LogP contribution is 2.44. The summed E-state index contributed by atoms with van der Waals surface area (Å²) in [4.78, 5) is 38.5. The number of likely N-dealkylation sites (N-methyl/N-ethyl adjacent to an activating group) is 1. The summed E-state index contributed by atoms with van der Waals surface area (Å²) in [6.45, 7) is 5.84. The zero-order chi connectivity index (χ0) is 24.6. The van der Waals surface area contributed by atoms with E-state index in [0.29, 0.717) is 30.3 Å². The second-order valence-electron chi connectivity index (χ2n) is 8.99. The molecular weight excluding hydrogens is 447 g/mol. The lowest BCUT2D eigenvalue weighted by molar-refractivity contribution is -0.123. The molecule has 2 amide bonds. The molecule has 2 aliphatic heterocycles. The Hall–Kier alpha value is -4.01. The summed E-state index contributed by atoms with van der Waals surface area (Å²) in [5.74, 6) is 0.722. The topological polar surface area (TPSA) is 90.5 Å². The number of halogens is 1. The molecule has 35 heavy (non-hydrogen) atoms. The van der Waals surface area contributed by atoms with E-state index in [2.05, 4.69) is 20.5 Å². The summed E-state index contributed by atoms with van der Waals surface area (Å²) in [6, 6.07) is 12.8. The van der Waals surface area contributed by atoms with E-state index in [1.807, 2.05) is 38.1 Å². The van der Waals surface area contributed by atoms with Crippen molar-refractivity contribution in [2.45, 2.75) is 38.8 Å². The van der Waals surface area contributed by atoms with Crippen molar-refractivity contribution in [2.75, 3.05) is 33.5 Å². The quantitative estimate of drug-likeness (QED) is 0.556. The number of carbonyl (C=O) groups is 2. The highest BCUT2D eigenvalue weighted by Gasteiger charge is 2.50. The van der Waals surface area contributed by atoms with E-state index in [4.69, 9.17) is 4.98 Å². The average molecular weight is 475 g/mol. The highest BCUT2D eigenvalue weighted by atomic mass is 19.1. The van der Waals surface area contributed by atoms with Crippen LogP contribution in [0.4, 0.5) is 27.5 Å². The van der Waals surface area contributed by atoms with Crippen LogP contribution in [0.25, 0.3) is 0 Å². The van der Waals surface area contributed by atoms with Gasteiger partial charge < -0.3 is 20.4 Å². The van der Waals surface area contributed by atoms with Gasteiger partial charge in [-0.05, 0) is 68.7 Å². The molecule has 9 heteroatoms. The maximum absolute atomic E-state index is 13.1. The average Bonchev–Trinajstić information content (AvgIpc) is 3.28. The first-order valence-corrected chi connectivity index (χ1v) is 11.8. The summed E-state index contributed by atoms with van der Waals surface area (Å²) in [7, 11) is 0. The fourth-order valence-corrected chi connectivity index (χ4v) is 4.77. The third-order valence-corrected chi connectivity index (χ3v) is 6.73. The fourth-order valence-electron chi connectivity index (χ4n) is 4.77. The minimum absolute atomic E-state index is 0.112. The summed E-state index contributed by atoms with van der Waals surface area (Å²) < 4.78 is 13.1. The number of anilines is 4. The minimum atomic E-state index is -0.553. The van der Waals surface area contributed by atoms with Crippen LogP contribution in [0.2, 0.25) is 0 Å². The van der Waals surface area contributed by atoms with E-state index in [0.717, 1.165) is 36.5 Å². The van der Waals surface area contributed by atoms with Gasteiger partial charge in [0.05, 0.1) is 6.20 Å². The molecular formula is C26H27FN6O2. The van der Waals surface area contributed by atoms with Crippen LogP contribution in [0.1, 0.15) is 42.6 Å². The van der Waals surface area contributed by atoms with Crippen molar-refractivity contribution in [1.29, 1.82) is 0 Å². The van der Waals surface area contributed by atoms with Gasteiger partial charge in [-0.2, -0.15) is 4.98 Å². The molecule has 5 rings (SSSR count).